The average Bonchev–Trinajstić information content (AvgIpc) is 2.62. The summed E-state index contributed by atoms with van der Waals surface area (Å²) in [6.07, 6.45) is 2.90. The topological polar surface area (TPSA) is 71.5 Å². The summed E-state index contributed by atoms with van der Waals surface area (Å²) in [5.41, 5.74) is 0.336. The predicted molar refractivity (Wildman–Crippen MR) is 97.6 cm³/mol. The Morgan fingerprint density at radius 2 is 2.04 bits per heavy atom. The van der Waals surface area contributed by atoms with Gasteiger partial charge in [-0.2, -0.15) is 0 Å². The summed E-state index contributed by atoms with van der Waals surface area (Å²) in [6, 6.07) is 12.7. The highest BCUT2D eigenvalue weighted by Crippen LogP contribution is 2.23. The van der Waals surface area contributed by atoms with Gasteiger partial charge in [0.15, 0.2) is 0 Å². The first-order valence-corrected chi connectivity index (χ1v) is 8.61. The average molecular weight is 342 g/mol. The lowest BCUT2D eigenvalue weighted by Crippen LogP contribution is -2.31. The van der Waals surface area contributed by atoms with Gasteiger partial charge < -0.3 is 15.2 Å². The van der Waals surface area contributed by atoms with E-state index in [1.165, 1.54) is 0 Å². The van der Waals surface area contributed by atoms with Crippen LogP contribution < -0.4 is 10.1 Å². The first-order valence-electron chi connectivity index (χ1n) is 8.61. The molecule has 2 atom stereocenters. The fraction of sp³-hybridized carbons (Fsp3) is 0.400. The number of nitrogens with zero attached hydrogens (tertiary/aromatic N) is 1. The molecule has 25 heavy (non-hydrogen) atoms. The highest BCUT2D eigenvalue weighted by Gasteiger charge is 2.22. The molecule has 1 aromatic carbocycles. The number of carbonyl (C=O) groups excluding carboxylic acids is 1. The van der Waals surface area contributed by atoms with Crippen LogP contribution in [0, 0.1) is 0 Å². The number of aliphatic hydroxyl groups is 1. The Labute approximate surface area is 149 Å². The molecule has 0 saturated carbocycles. The molecule has 2 N–H and O–H groups in total. The van der Waals surface area contributed by atoms with Crippen LogP contribution in [-0.4, -0.2) is 28.6 Å². The molecule has 1 heterocycles. The van der Waals surface area contributed by atoms with E-state index in [9.17, 15) is 9.90 Å². The Balaban J connectivity index is 1.91. The van der Waals surface area contributed by atoms with Crippen molar-refractivity contribution in [3.63, 3.8) is 0 Å². The largest absolute Gasteiger partial charge is 0.475 e. The van der Waals surface area contributed by atoms with Gasteiger partial charge in [-0.25, -0.2) is 4.98 Å². The van der Waals surface area contributed by atoms with Crippen LogP contribution in [0.1, 0.15) is 49.5 Å². The van der Waals surface area contributed by atoms with Crippen LogP contribution in [0.5, 0.6) is 5.88 Å². The van der Waals surface area contributed by atoms with Crippen molar-refractivity contribution in [3.8, 4) is 5.88 Å². The minimum absolute atomic E-state index is 0.0479. The lowest BCUT2D eigenvalue weighted by Gasteiger charge is -2.24. The van der Waals surface area contributed by atoms with Crippen LogP contribution in [0.4, 0.5) is 0 Å². The van der Waals surface area contributed by atoms with Crippen molar-refractivity contribution in [2.75, 3.05) is 6.54 Å². The van der Waals surface area contributed by atoms with Crippen molar-refractivity contribution in [2.24, 2.45) is 0 Å². The Hall–Kier alpha value is -2.40. The molecule has 1 amide bonds. The molecule has 0 radical (unpaired) electrons. The van der Waals surface area contributed by atoms with Crippen LogP contribution in [-0.2, 0) is 5.60 Å². The maximum atomic E-state index is 12.3. The van der Waals surface area contributed by atoms with Gasteiger partial charge in [0.05, 0.1) is 11.7 Å². The molecule has 0 bridgehead atoms. The van der Waals surface area contributed by atoms with Gasteiger partial charge in [-0.15, -0.1) is 0 Å². The number of benzene rings is 1. The summed E-state index contributed by atoms with van der Waals surface area (Å²) in [4.78, 5) is 16.4. The van der Waals surface area contributed by atoms with Gasteiger partial charge in [-0.3, -0.25) is 4.79 Å². The van der Waals surface area contributed by atoms with E-state index >= 15 is 0 Å². The van der Waals surface area contributed by atoms with Crippen molar-refractivity contribution in [3.05, 3.63) is 59.8 Å². The zero-order valence-electron chi connectivity index (χ0n) is 15.0. The Kier molecular flexibility index (Phi) is 6.53. The molecular weight excluding hydrogens is 316 g/mol. The van der Waals surface area contributed by atoms with Crippen LogP contribution in [0.15, 0.2) is 48.7 Å². The first-order chi connectivity index (χ1) is 11.9. The van der Waals surface area contributed by atoms with E-state index < -0.39 is 5.60 Å². The van der Waals surface area contributed by atoms with E-state index in [4.69, 9.17) is 4.74 Å². The van der Waals surface area contributed by atoms with Gasteiger partial charge in [0.2, 0.25) is 5.88 Å². The van der Waals surface area contributed by atoms with E-state index in [1.54, 1.807) is 25.3 Å². The van der Waals surface area contributed by atoms with E-state index in [2.05, 4.69) is 10.3 Å². The number of ether oxygens (including phenoxy) is 1. The second kappa shape index (κ2) is 8.62. The zero-order chi connectivity index (χ0) is 18.3. The third kappa shape index (κ3) is 5.57. The lowest BCUT2D eigenvalue weighted by molar-refractivity contribution is 0.0475. The molecule has 2 unspecified atom stereocenters. The van der Waals surface area contributed by atoms with Crippen molar-refractivity contribution in [1.82, 2.24) is 10.3 Å². The molecule has 0 spiro atoms. The monoisotopic (exact) mass is 342 g/mol. The minimum atomic E-state index is -0.988. The number of aromatic nitrogens is 1. The normalized spacial score (nSPS) is 14.4. The SMILES string of the molecule is CCC(C)Oc1cc(C(=O)NCCC(C)(O)c2ccccc2)ccn1. The van der Waals surface area contributed by atoms with Gasteiger partial charge in [0, 0.05) is 24.4 Å². The van der Waals surface area contributed by atoms with E-state index in [1.807, 2.05) is 44.2 Å². The summed E-state index contributed by atoms with van der Waals surface area (Å²) < 4.78 is 5.64. The van der Waals surface area contributed by atoms with Gasteiger partial charge in [-0.05, 0) is 38.3 Å². The number of rotatable bonds is 8. The van der Waals surface area contributed by atoms with Crippen molar-refractivity contribution in [1.29, 1.82) is 0 Å². The van der Waals surface area contributed by atoms with E-state index in [-0.39, 0.29) is 12.0 Å². The summed E-state index contributed by atoms with van der Waals surface area (Å²) in [6.45, 7) is 6.10. The maximum Gasteiger partial charge on any atom is 0.251 e. The van der Waals surface area contributed by atoms with Gasteiger partial charge >= 0.3 is 0 Å². The van der Waals surface area contributed by atoms with Crippen molar-refractivity contribution in [2.45, 2.75) is 45.3 Å². The molecule has 0 fully saturated rings. The molecule has 2 aromatic rings. The van der Waals surface area contributed by atoms with Crippen LogP contribution >= 0.6 is 0 Å². The fourth-order valence-corrected chi connectivity index (χ4v) is 2.37. The summed E-state index contributed by atoms with van der Waals surface area (Å²) in [5, 5.41) is 13.4. The number of pyridine rings is 1. The first kappa shape index (κ1) is 18.9. The quantitative estimate of drug-likeness (QED) is 0.772. The molecule has 0 aliphatic heterocycles. The molecular formula is C20H26N2O3. The van der Waals surface area contributed by atoms with Crippen LogP contribution in [0.25, 0.3) is 0 Å². The molecule has 0 aliphatic rings. The van der Waals surface area contributed by atoms with Crippen molar-refractivity contribution < 1.29 is 14.6 Å². The molecule has 0 aliphatic carbocycles. The molecule has 5 nitrogen and oxygen atoms in total. The van der Waals surface area contributed by atoms with Crippen LogP contribution in [0.2, 0.25) is 0 Å². The Morgan fingerprint density at radius 3 is 2.72 bits per heavy atom. The highest BCUT2D eigenvalue weighted by molar-refractivity contribution is 5.94. The van der Waals surface area contributed by atoms with E-state index in [0.717, 1.165) is 12.0 Å². The number of carbonyl (C=O) groups is 1. The number of hydrogen-bond acceptors (Lipinski definition) is 4. The third-order valence-corrected chi connectivity index (χ3v) is 4.19. The highest BCUT2D eigenvalue weighted by atomic mass is 16.5. The second-order valence-electron chi connectivity index (χ2n) is 6.37. The number of amides is 1. The third-order valence-electron chi connectivity index (χ3n) is 4.19. The van der Waals surface area contributed by atoms with Gasteiger partial charge in [0.25, 0.3) is 5.91 Å². The fourth-order valence-electron chi connectivity index (χ4n) is 2.37. The predicted octanol–water partition coefficient (Wildman–Crippen LogP) is 3.29. The molecule has 134 valence electrons. The van der Waals surface area contributed by atoms with Crippen LogP contribution in [0.3, 0.4) is 0 Å². The molecule has 2 rings (SSSR count). The van der Waals surface area contributed by atoms with Gasteiger partial charge in [0.1, 0.15) is 0 Å². The smallest absolute Gasteiger partial charge is 0.251 e. The Bertz CT molecular complexity index is 686. The van der Waals surface area contributed by atoms with Gasteiger partial charge in [-0.1, -0.05) is 37.3 Å². The molecule has 5 heteroatoms. The maximum absolute atomic E-state index is 12.3. The summed E-state index contributed by atoms with van der Waals surface area (Å²) >= 11 is 0. The van der Waals surface area contributed by atoms with Crippen molar-refractivity contribution >= 4 is 5.91 Å². The second-order valence-corrected chi connectivity index (χ2v) is 6.37. The summed E-state index contributed by atoms with van der Waals surface area (Å²) in [5.74, 6) is 0.235. The van der Waals surface area contributed by atoms with E-state index in [0.29, 0.717) is 24.4 Å². The standard InChI is InChI=1S/C20H26N2O3/c1-4-15(2)25-18-14-16(10-12-21-18)19(23)22-13-11-20(3,24)17-8-6-5-7-9-17/h5-10,12,14-15,24H,4,11,13H2,1-3H3,(H,22,23). The number of hydrogen-bond donors (Lipinski definition) is 2. The Morgan fingerprint density at radius 1 is 1.32 bits per heavy atom. The zero-order valence-corrected chi connectivity index (χ0v) is 15.0. The summed E-state index contributed by atoms with van der Waals surface area (Å²) in [7, 11) is 0. The number of nitrogens with one attached hydrogen (secondary N) is 1. The lowest BCUT2D eigenvalue weighted by atomic mass is 9.92. The minimum Gasteiger partial charge on any atom is -0.475 e. The molecule has 0 saturated heterocycles. The molecule has 1 aromatic heterocycles.